The summed E-state index contributed by atoms with van der Waals surface area (Å²) in [6.45, 7) is 0. The van der Waals surface area contributed by atoms with Gasteiger partial charge in [-0.3, -0.25) is 0 Å². The number of hydrogen-bond donors (Lipinski definition) is 3. The average molecular weight is 318 g/mol. The van der Waals surface area contributed by atoms with Crippen LogP contribution in [-0.4, -0.2) is 27.6 Å². The molecule has 1 rings (SSSR count). The van der Waals surface area contributed by atoms with Crippen molar-refractivity contribution >= 4 is 30.0 Å². The zero-order valence-corrected chi connectivity index (χ0v) is 10.6. The molecule has 0 unspecified atom stereocenters. The van der Waals surface area contributed by atoms with E-state index in [1.807, 2.05) is 0 Å². The van der Waals surface area contributed by atoms with E-state index in [1.54, 1.807) is 0 Å². The van der Waals surface area contributed by atoms with Gasteiger partial charge in [-0.05, 0) is 17.3 Å². The second-order valence-electron chi connectivity index (χ2n) is 2.73. The molecular formula is C9H10CuN4O3S. The van der Waals surface area contributed by atoms with Crippen LogP contribution in [0.2, 0.25) is 0 Å². The van der Waals surface area contributed by atoms with Gasteiger partial charge in [0.15, 0.2) is 0 Å². The number of carbonyl (C=O) groups is 1. The summed E-state index contributed by atoms with van der Waals surface area (Å²) in [7, 11) is 0. The molecule has 6 N–H and O–H groups in total. The molecule has 0 fully saturated rings. The number of benzene rings is 1. The predicted molar refractivity (Wildman–Crippen MR) is 66.9 cm³/mol. The maximum atomic E-state index is 10.7. The van der Waals surface area contributed by atoms with E-state index in [4.69, 9.17) is 10.8 Å². The van der Waals surface area contributed by atoms with Crippen molar-refractivity contribution in [3.05, 3.63) is 35.5 Å². The number of hydrogen-bond acceptors (Lipinski definition) is 5. The third kappa shape index (κ3) is 5.11. The molecule has 0 spiro atoms. The molecule has 0 heterocycles. The van der Waals surface area contributed by atoms with E-state index in [-0.39, 0.29) is 45.3 Å². The molecule has 0 aliphatic carbocycles. The minimum Gasteiger partial charge on any atom is -0.741 e. The SMILES string of the molecule is NC([S-])=NN=Cc1cccc(C(=O)O)c1O.[Cu+2].[NH2-]. The largest absolute Gasteiger partial charge is 2.00 e. The zero-order chi connectivity index (χ0) is 12.1. The third-order valence-electron chi connectivity index (χ3n) is 1.65. The Morgan fingerprint density at radius 1 is 1.44 bits per heavy atom. The Bertz CT molecular complexity index is 475. The van der Waals surface area contributed by atoms with E-state index in [1.165, 1.54) is 24.4 Å². The van der Waals surface area contributed by atoms with E-state index in [2.05, 4.69) is 22.8 Å². The Hall–Kier alpha value is -1.67. The molecule has 0 atom stereocenters. The van der Waals surface area contributed by atoms with E-state index in [0.717, 1.165) is 0 Å². The molecule has 0 saturated carbocycles. The summed E-state index contributed by atoms with van der Waals surface area (Å²) in [5.74, 6) is -1.60. The first-order valence-electron chi connectivity index (χ1n) is 4.11. The van der Waals surface area contributed by atoms with Crippen LogP contribution >= 0.6 is 0 Å². The van der Waals surface area contributed by atoms with Gasteiger partial charge in [0.25, 0.3) is 0 Å². The smallest absolute Gasteiger partial charge is 0.741 e. The molecular weight excluding hydrogens is 308 g/mol. The molecule has 0 saturated heterocycles. The first-order chi connectivity index (χ1) is 7.52. The second kappa shape index (κ2) is 8.42. The van der Waals surface area contributed by atoms with Crippen molar-refractivity contribution in [1.29, 1.82) is 0 Å². The zero-order valence-electron chi connectivity index (χ0n) is 8.87. The summed E-state index contributed by atoms with van der Waals surface area (Å²) in [4.78, 5) is 10.7. The number of nitrogens with two attached hydrogens (primary N) is 2. The van der Waals surface area contributed by atoms with Gasteiger partial charge in [0, 0.05) is 5.56 Å². The molecule has 9 heteroatoms. The van der Waals surface area contributed by atoms with Gasteiger partial charge in [0.05, 0.1) is 6.21 Å². The van der Waals surface area contributed by atoms with Gasteiger partial charge in [-0.1, -0.05) is 6.07 Å². The van der Waals surface area contributed by atoms with E-state index in [9.17, 15) is 9.90 Å². The van der Waals surface area contributed by atoms with Crippen LogP contribution in [0, 0.1) is 0 Å². The van der Waals surface area contributed by atoms with Crippen LogP contribution < -0.4 is 5.73 Å². The van der Waals surface area contributed by atoms with Crippen molar-refractivity contribution in [2.75, 3.05) is 0 Å². The minimum absolute atomic E-state index is 0. The summed E-state index contributed by atoms with van der Waals surface area (Å²) in [6.07, 6.45) is 1.17. The molecule has 7 nitrogen and oxygen atoms in total. The molecule has 18 heavy (non-hydrogen) atoms. The standard InChI is InChI=1S/C9H9N3O3S.Cu.H2N/c10-9(16)12-11-4-5-2-1-3-6(7(5)13)8(14)15;;/h1-4,13H,(H,14,15)(H3,10,12,16);;1H2/q;+2;-1/p-1. The molecule has 1 radical (unpaired) electrons. The number of nitrogens with zero attached hydrogens (tertiary/aromatic N) is 2. The van der Waals surface area contributed by atoms with Crippen LogP contribution in [0.25, 0.3) is 6.15 Å². The Kier molecular flexibility index (Phi) is 8.75. The summed E-state index contributed by atoms with van der Waals surface area (Å²) in [6, 6.07) is 4.24. The number of phenols is 1. The first kappa shape index (κ1) is 18.7. The van der Waals surface area contributed by atoms with E-state index >= 15 is 0 Å². The van der Waals surface area contributed by atoms with Crippen LogP contribution in [0.15, 0.2) is 28.4 Å². The molecule has 101 valence electrons. The fourth-order valence-corrected chi connectivity index (χ4v) is 1.03. The van der Waals surface area contributed by atoms with Crippen molar-refractivity contribution in [2.45, 2.75) is 0 Å². The number of carboxylic acid groups (broad SMARTS) is 1. The van der Waals surface area contributed by atoms with Crippen molar-refractivity contribution in [2.24, 2.45) is 15.9 Å². The molecule has 1 aromatic carbocycles. The first-order valence-corrected chi connectivity index (χ1v) is 4.52. The van der Waals surface area contributed by atoms with Crippen molar-refractivity contribution in [1.82, 2.24) is 0 Å². The predicted octanol–water partition coefficient (Wildman–Crippen LogP) is 1.00. The second-order valence-corrected chi connectivity index (χ2v) is 3.15. The van der Waals surface area contributed by atoms with E-state index in [0.29, 0.717) is 0 Å². The Balaban J connectivity index is 0. The van der Waals surface area contributed by atoms with Gasteiger partial charge in [-0.2, -0.15) is 10.2 Å². The third-order valence-corrected chi connectivity index (χ3v) is 1.73. The molecule has 0 bridgehead atoms. The average Bonchev–Trinajstić information content (AvgIpc) is 2.19. The van der Waals surface area contributed by atoms with Crippen LogP contribution in [0.1, 0.15) is 15.9 Å². The normalized spacial score (nSPS) is 10.6. The van der Waals surface area contributed by atoms with Gasteiger partial charge in [0.2, 0.25) is 0 Å². The van der Waals surface area contributed by atoms with E-state index < -0.39 is 5.97 Å². The maximum absolute atomic E-state index is 10.7. The molecule has 1 aromatic rings. The monoisotopic (exact) mass is 317 g/mol. The fraction of sp³-hybridized carbons (Fsp3) is 0. The molecule has 0 aliphatic rings. The van der Waals surface area contributed by atoms with Crippen LogP contribution in [0.4, 0.5) is 0 Å². The van der Waals surface area contributed by atoms with Gasteiger partial charge in [0.1, 0.15) is 11.3 Å². The summed E-state index contributed by atoms with van der Waals surface area (Å²) in [5.41, 5.74) is 5.08. The summed E-state index contributed by atoms with van der Waals surface area (Å²) in [5, 5.41) is 25.0. The van der Waals surface area contributed by atoms with Gasteiger partial charge in [-0.25, -0.2) is 4.79 Å². The van der Waals surface area contributed by atoms with Gasteiger partial charge < -0.3 is 34.7 Å². The topological polar surface area (TPSA) is 142 Å². The van der Waals surface area contributed by atoms with Crippen molar-refractivity contribution < 1.29 is 32.1 Å². The van der Waals surface area contributed by atoms with Gasteiger partial charge in [-0.15, -0.1) is 0 Å². The number of amidine groups is 1. The number of aromatic hydroxyl groups is 1. The molecule has 0 aliphatic heterocycles. The number of aromatic carboxylic acids is 1. The summed E-state index contributed by atoms with van der Waals surface area (Å²) < 4.78 is 0. The number of para-hydroxylation sites is 1. The molecule has 0 aromatic heterocycles. The number of rotatable bonds is 3. The van der Waals surface area contributed by atoms with Crippen LogP contribution in [0.5, 0.6) is 5.75 Å². The van der Waals surface area contributed by atoms with Crippen LogP contribution in [-0.2, 0) is 29.7 Å². The number of carboxylic acids is 1. The quantitative estimate of drug-likeness (QED) is 0.250. The van der Waals surface area contributed by atoms with Crippen molar-refractivity contribution in [3.8, 4) is 5.75 Å². The minimum atomic E-state index is -1.22. The summed E-state index contributed by atoms with van der Waals surface area (Å²) >= 11 is 4.45. The van der Waals surface area contributed by atoms with Crippen LogP contribution in [0.3, 0.4) is 0 Å². The Morgan fingerprint density at radius 2 is 2.06 bits per heavy atom. The fourth-order valence-electron chi connectivity index (χ4n) is 0.986. The Morgan fingerprint density at radius 3 is 2.56 bits per heavy atom. The maximum Gasteiger partial charge on any atom is 2.00 e. The van der Waals surface area contributed by atoms with Gasteiger partial charge >= 0.3 is 23.0 Å². The Labute approximate surface area is 119 Å². The van der Waals surface area contributed by atoms with Crippen molar-refractivity contribution in [3.63, 3.8) is 0 Å². The molecule has 0 amide bonds.